The van der Waals surface area contributed by atoms with E-state index < -0.39 is 5.41 Å². The highest BCUT2D eigenvalue weighted by atomic mass is 19.1. The van der Waals surface area contributed by atoms with E-state index in [1.54, 1.807) is 6.07 Å². The van der Waals surface area contributed by atoms with E-state index in [4.69, 9.17) is 5.10 Å². The zero-order valence-corrected chi connectivity index (χ0v) is 20.5. The molecule has 0 radical (unpaired) electrons. The first-order valence-electron chi connectivity index (χ1n) is 11.8. The maximum absolute atomic E-state index is 14.1. The van der Waals surface area contributed by atoms with Crippen LogP contribution in [0.1, 0.15) is 52.3 Å². The predicted molar refractivity (Wildman–Crippen MR) is 128 cm³/mol. The second kappa shape index (κ2) is 10.0. The summed E-state index contributed by atoms with van der Waals surface area (Å²) < 4.78 is 15.9. The fourth-order valence-corrected chi connectivity index (χ4v) is 4.31. The molecule has 1 aliphatic rings. The van der Waals surface area contributed by atoms with E-state index >= 15 is 0 Å². The Morgan fingerprint density at radius 2 is 1.84 bits per heavy atom. The van der Waals surface area contributed by atoms with E-state index in [1.807, 2.05) is 43.3 Å². The normalized spacial score (nSPS) is 15.3. The number of amides is 1. The van der Waals surface area contributed by atoms with Crippen molar-refractivity contribution >= 4 is 11.7 Å². The van der Waals surface area contributed by atoms with Crippen molar-refractivity contribution in [3.8, 4) is 5.69 Å². The van der Waals surface area contributed by atoms with Gasteiger partial charge in [-0.3, -0.25) is 4.79 Å². The SMILES string of the molecule is CCCN(Cc1c(C)nn(-c2cccc(F)c2)c1N1CCN(CC)CC1)C(=O)C(C)(C)C. The van der Waals surface area contributed by atoms with E-state index in [9.17, 15) is 9.18 Å². The lowest BCUT2D eigenvalue weighted by molar-refractivity contribution is -0.140. The van der Waals surface area contributed by atoms with Gasteiger partial charge in [-0.25, -0.2) is 9.07 Å². The monoisotopic (exact) mass is 443 g/mol. The van der Waals surface area contributed by atoms with Gasteiger partial charge in [0.2, 0.25) is 5.91 Å². The van der Waals surface area contributed by atoms with Crippen molar-refractivity contribution in [3.63, 3.8) is 0 Å². The Labute approximate surface area is 192 Å². The highest BCUT2D eigenvalue weighted by Gasteiger charge is 2.31. The number of hydrogen-bond acceptors (Lipinski definition) is 4. The lowest BCUT2D eigenvalue weighted by Gasteiger charge is -2.37. The summed E-state index contributed by atoms with van der Waals surface area (Å²) in [5.41, 5.74) is 2.18. The van der Waals surface area contributed by atoms with Gasteiger partial charge in [0.25, 0.3) is 0 Å². The fraction of sp³-hybridized carbons (Fsp3) is 0.600. The second-order valence-corrected chi connectivity index (χ2v) is 9.68. The molecule has 0 bridgehead atoms. The van der Waals surface area contributed by atoms with Crippen LogP contribution in [0.4, 0.5) is 10.2 Å². The molecular formula is C25H38FN5O. The zero-order valence-electron chi connectivity index (χ0n) is 20.5. The molecule has 32 heavy (non-hydrogen) atoms. The van der Waals surface area contributed by atoms with E-state index in [-0.39, 0.29) is 11.7 Å². The first-order valence-corrected chi connectivity index (χ1v) is 11.8. The Morgan fingerprint density at radius 3 is 2.41 bits per heavy atom. The maximum atomic E-state index is 14.1. The third-order valence-electron chi connectivity index (χ3n) is 6.10. The molecule has 176 valence electrons. The minimum atomic E-state index is -0.450. The van der Waals surface area contributed by atoms with Crippen molar-refractivity contribution in [2.45, 2.75) is 54.5 Å². The van der Waals surface area contributed by atoms with Gasteiger partial charge in [0.05, 0.1) is 17.9 Å². The third-order valence-corrected chi connectivity index (χ3v) is 6.10. The van der Waals surface area contributed by atoms with Crippen molar-refractivity contribution in [1.82, 2.24) is 19.6 Å². The molecule has 0 unspecified atom stereocenters. The van der Waals surface area contributed by atoms with E-state index in [0.29, 0.717) is 18.8 Å². The minimum Gasteiger partial charge on any atom is -0.354 e. The van der Waals surface area contributed by atoms with Gasteiger partial charge < -0.3 is 14.7 Å². The summed E-state index contributed by atoms with van der Waals surface area (Å²) >= 11 is 0. The lowest BCUT2D eigenvalue weighted by atomic mass is 9.94. The number of benzene rings is 1. The number of carbonyl (C=O) groups is 1. The highest BCUT2D eigenvalue weighted by Crippen LogP contribution is 2.31. The number of aromatic nitrogens is 2. The molecule has 0 spiro atoms. The standard InChI is InChI=1S/C25H38FN5O/c1-7-12-30(24(32)25(4,5)6)18-22-19(3)27-31(21-11-9-10-20(26)17-21)23(22)29-15-13-28(8-2)14-16-29/h9-11,17H,7-8,12-16,18H2,1-6H3. The number of anilines is 1. The number of aryl methyl sites for hydroxylation is 1. The molecule has 0 N–H and O–H groups in total. The van der Waals surface area contributed by atoms with Gasteiger partial charge in [-0.2, -0.15) is 5.10 Å². The number of nitrogens with zero attached hydrogens (tertiary/aromatic N) is 5. The summed E-state index contributed by atoms with van der Waals surface area (Å²) in [6.45, 7) is 18.1. The Balaban J connectivity index is 2.05. The van der Waals surface area contributed by atoms with Gasteiger partial charge in [0.1, 0.15) is 11.6 Å². The minimum absolute atomic E-state index is 0.138. The van der Waals surface area contributed by atoms with Crippen LogP contribution in [0.2, 0.25) is 0 Å². The van der Waals surface area contributed by atoms with Crippen LogP contribution in [0.5, 0.6) is 0 Å². The van der Waals surface area contributed by atoms with Crippen molar-refractivity contribution in [3.05, 3.63) is 41.3 Å². The van der Waals surface area contributed by atoms with E-state index in [2.05, 4.69) is 23.6 Å². The fourth-order valence-electron chi connectivity index (χ4n) is 4.31. The summed E-state index contributed by atoms with van der Waals surface area (Å²) in [6, 6.07) is 6.57. The molecule has 2 aromatic rings. The summed E-state index contributed by atoms with van der Waals surface area (Å²) in [5.74, 6) is 0.833. The largest absolute Gasteiger partial charge is 0.354 e. The van der Waals surface area contributed by atoms with E-state index in [0.717, 1.165) is 56.2 Å². The summed E-state index contributed by atoms with van der Waals surface area (Å²) in [5, 5.41) is 4.83. The van der Waals surface area contributed by atoms with Crippen LogP contribution in [0, 0.1) is 18.2 Å². The molecule has 7 heteroatoms. The molecular weight excluding hydrogens is 405 g/mol. The van der Waals surface area contributed by atoms with Gasteiger partial charge in [0, 0.05) is 43.7 Å². The molecule has 1 saturated heterocycles. The maximum Gasteiger partial charge on any atom is 0.228 e. The van der Waals surface area contributed by atoms with Crippen molar-refractivity contribution in [1.29, 1.82) is 0 Å². The topological polar surface area (TPSA) is 44.6 Å². The molecule has 3 rings (SSSR count). The highest BCUT2D eigenvalue weighted by molar-refractivity contribution is 5.81. The van der Waals surface area contributed by atoms with Crippen molar-refractivity contribution in [2.75, 3.05) is 44.2 Å². The van der Waals surface area contributed by atoms with Gasteiger partial charge in [-0.05, 0) is 38.1 Å². The van der Waals surface area contributed by atoms with Crippen molar-refractivity contribution < 1.29 is 9.18 Å². The van der Waals surface area contributed by atoms with Crippen LogP contribution < -0.4 is 4.90 Å². The molecule has 1 aromatic carbocycles. The zero-order chi connectivity index (χ0) is 23.5. The lowest BCUT2D eigenvalue weighted by Crippen LogP contribution is -2.47. The predicted octanol–water partition coefficient (Wildman–Crippen LogP) is 4.25. The van der Waals surface area contributed by atoms with Gasteiger partial charge in [0.15, 0.2) is 0 Å². The van der Waals surface area contributed by atoms with Crippen LogP contribution in [-0.2, 0) is 11.3 Å². The van der Waals surface area contributed by atoms with Crippen LogP contribution >= 0.6 is 0 Å². The van der Waals surface area contributed by atoms with Gasteiger partial charge >= 0.3 is 0 Å². The molecule has 0 atom stereocenters. The number of piperazine rings is 1. The van der Waals surface area contributed by atoms with Crippen LogP contribution in [0.25, 0.3) is 5.69 Å². The smallest absolute Gasteiger partial charge is 0.228 e. The molecule has 6 nitrogen and oxygen atoms in total. The third kappa shape index (κ3) is 5.31. The van der Waals surface area contributed by atoms with Gasteiger partial charge in [-0.1, -0.05) is 40.7 Å². The van der Waals surface area contributed by atoms with Crippen molar-refractivity contribution in [2.24, 2.45) is 5.41 Å². The number of carbonyl (C=O) groups excluding carboxylic acids is 1. The summed E-state index contributed by atoms with van der Waals surface area (Å²) in [7, 11) is 0. The molecule has 2 heterocycles. The second-order valence-electron chi connectivity index (χ2n) is 9.68. The molecule has 1 aromatic heterocycles. The Bertz CT molecular complexity index is 925. The number of likely N-dealkylation sites (N-methyl/N-ethyl adjacent to an activating group) is 1. The van der Waals surface area contributed by atoms with E-state index in [1.165, 1.54) is 12.1 Å². The first-order chi connectivity index (χ1) is 15.2. The summed E-state index contributed by atoms with van der Waals surface area (Å²) in [6.07, 6.45) is 0.892. The first kappa shape index (κ1) is 24.2. The Kier molecular flexibility index (Phi) is 7.59. The van der Waals surface area contributed by atoms with Crippen LogP contribution in [-0.4, -0.2) is 64.8 Å². The average molecular weight is 444 g/mol. The van der Waals surface area contributed by atoms with Crippen LogP contribution in [0.15, 0.2) is 24.3 Å². The average Bonchev–Trinajstić information content (AvgIpc) is 3.08. The Hall–Kier alpha value is -2.41. The number of rotatable bonds is 7. The molecule has 0 aliphatic carbocycles. The molecule has 1 aliphatic heterocycles. The van der Waals surface area contributed by atoms with Gasteiger partial charge in [-0.15, -0.1) is 0 Å². The number of halogens is 1. The molecule has 0 saturated carbocycles. The number of hydrogen-bond donors (Lipinski definition) is 0. The molecule has 1 fully saturated rings. The quantitative estimate of drug-likeness (QED) is 0.642. The Morgan fingerprint density at radius 1 is 1.16 bits per heavy atom. The summed E-state index contributed by atoms with van der Waals surface area (Å²) in [4.78, 5) is 19.9. The van der Waals surface area contributed by atoms with Crippen LogP contribution in [0.3, 0.4) is 0 Å². The molecule has 1 amide bonds.